The number of hydrogen-bond donors (Lipinski definition) is 1. The van der Waals surface area contributed by atoms with Crippen molar-refractivity contribution in [1.29, 1.82) is 0 Å². The first-order chi connectivity index (χ1) is 10.3. The number of anilines is 2. The van der Waals surface area contributed by atoms with Gasteiger partial charge < -0.3 is 10.5 Å². The molecule has 1 saturated carbocycles. The highest BCUT2D eigenvalue weighted by atomic mass is 35.5. The number of carbonyl (C=O) groups is 1. The van der Waals surface area contributed by atoms with Crippen molar-refractivity contribution in [3.63, 3.8) is 0 Å². The van der Waals surface area contributed by atoms with Gasteiger partial charge in [0.05, 0.1) is 5.69 Å². The molecule has 0 saturated heterocycles. The summed E-state index contributed by atoms with van der Waals surface area (Å²) in [5, 5.41) is 0.313. The van der Waals surface area contributed by atoms with Crippen LogP contribution >= 0.6 is 11.6 Å². The van der Waals surface area contributed by atoms with Crippen LogP contribution in [0.5, 0.6) is 0 Å². The summed E-state index contributed by atoms with van der Waals surface area (Å²) >= 11 is 5.99. The Morgan fingerprint density at radius 1 is 1.32 bits per heavy atom. The van der Waals surface area contributed by atoms with Crippen molar-refractivity contribution in [2.45, 2.75) is 64.5 Å². The van der Waals surface area contributed by atoms with E-state index < -0.39 is 11.7 Å². The zero-order chi connectivity index (χ0) is 16.3. The van der Waals surface area contributed by atoms with Crippen molar-refractivity contribution in [2.75, 3.05) is 10.6 Å². The van der Waals surface area contributed by atoms with Gasteiger partial charge in [-0.1, -0.05) is 30.9 Å². The van der Waals surface area contributed by atoms with Gasteiger partial charge in [0, 0.05) is 6.04 Å². The number of hydrogen-bond acceptors (Lipinski definition) is 4. The summed E-state index contributed by atoms with van der Waals surface area (Å²) < 4.78 is 5.55. The Morgan fingerprint density at radius 2 is 1.95 bits per heavy atom. The fraction of sp³-hybridized carbons (Fsp3) is 0.625. The first-order valence-electron chi connectivity index (χ1n) is 7.72. The number of amides is 1. The Kier molecular flexibility index (Phi) is 5.16. The summed E-state index contributed by atoms with van der Waals surface area (Å²) in [6.45, 7) is 5.54. The molecule has 0 atom stereocenters. The molecule has 0 aliphatic heterocycles. The van der Waals surface area contributed by atoms with Gasteiger partial charge in [0.2, 0.25) is 0 Å². The molecule has 0 radical (unpaired) electrons. The zero-order valence-electron chi connectivity index (χ0n) is 13.4. The molecule has 1 aliphatic carbocycles. The summed E-state index contributed by atoms with van der Waals surface area (Å²) in [4.78, 5) is 18.5. The highest BCUT2D eigenvalue weighted by molar-refractivity contribution is 6.29. The van der Waals surface area contributed by atoms with Gasteiger partial charge in [0.15, 0.2) is 5.82 Å². The summed E-state index contributed by atoms with van der Waals surface area (Å²) in [6, 6.07) is 3.34. The molecule has 1 heterocycles. The Bertz CT molecular complexity index is 537. The van der Waals surface area contributed by atoms with Crippen LogP contribution in [0.3, 0.4) is 0 Å². The summed E-state index contributed by atoms with van der Waals surface area (Å²) in [6.07, 6.45) is 4.80. The number of rotatable bonds is 2. The van der Waals surface area contributed by atoms with Crippen molar-refractivity contribution >= 4 is 29.2 Å². The molecular formula is C16H24ClN3O2. The smallest absolute Gasteiger partial charge is 0.416 e. The van der Waals surface area contributed by atoms with Crippen molar-refractivity contribution in [3.8, 4) is 0 Å². The molecule has 22 heavy (non-hydrogen) atoms. The Hall–Kier alpha value is -1.49. The fourth-order valence-corrected chi connectivity index (χ4v) is 2.83. The Morgan fingerprint density at radius 3 is 2.55 bits per heavy atom. The average Bonchev–Trinajstić information content (AvgIpc) is 2.42. The van der Waals surface area contributed by atoms with E-state index in [0.29, 0.717) is 16.7 Å². The third-order valence-electron chi connectivity index (χ3n) is 3.63. The van der Waals surface area contributed by atoms with Crippen LogP contribution in [0.25, 0.3) is 0 Å². The topological polar surface area (TPSA) is 68.5 Å². The molecule has 5 nitrogen and oxygen atoms in total. The van der Waals surface area contributed by atoms with Crippen LogP contribution in [0.1, 0.15) is 52.9 Å². The number of carbonyl (C=O) groups excluding carboxylic acids is 1. The molecule has 122 valence electrons. The van der Waals surface area contributed by atoms with E-state index >= 15 is 0 Å². The largest absolute Gasteiger partial charge is 0.443 e. The molecule has 0 spiro atoms. The van der Waals surface area contributed by atoms with Crippen LogP contribution in [-0.2, 0) is 4.74 Å². The number of pyridine rings is 1. The quantitative estimate of drug-likeness (QED) is 0.819. The minimum atomic E-state index is -0.572. The van der Waals surface area contributed by atoms with E-state index in [0.717, 1.165) is 25.7 Å². The SMILES string of the molecule is CC(C)(C)OC(=O)N(c1nc(Cl)ccc1N)C1CCCCC1. The molecule has 1 aromatic rings. The summed E-state index contributed by atoms with van der Waals surface area (Å²) in [7, 11) is 0. The molecule has 2 rings (SSSR count). The second-order valence-corrected chi connectivity index (χ2v) is 7.08. The maximum atomic E-state index is 12.7. The zero-order valence-corrected chi connectivity index (χ0v) is 14.2. The monoisotopic (exact) mass is 325 g/mol. The molecule has 1 amide bonds. The highest BCUT2D eigenvalue weighted by Crippen LogP contribution is 2.32. The third kappa shape index (κ3) is 4.26. The number of halogens is 1. The van der Waals surface area contributed by atoms with E-state index in [9.17, 15) is 4.79 Å². The molecular weight excluding hydrogens is 302 g/mol. The van der Waals surface area contributed by atoms with Crippen LogP contribution in [0.2, 0.25) is 5.15 Å². The lowest BCUT2D eigenvalue weighted by Crippen LogP contribution is -2.45. The second kappa shape index (κ2) is 6.73. The first kappa shape index (κ1) is 16.9. The van der Waals surface area contributed by atoms with Crippen LogP contribution in [-0.4, -0.2) is 22.7 Å². The minimum absolute atomic E-state index is 0.0527. The highest BCUT2D eigenvalue weighted by Gasteiger charge is 2.32. The molecule has 0 unspecified atom stereocenters. The number of nitrogen functional groups attached to an aromatic ring is 1. The average molecular weight is 326 g/mol. The van der Waals surface area contributed by atoms with E-state index in [4.69, 9.17) is 22.1 Å². The van der Waals surface area contributed by atoms with E-state index in [2.05, 4.69) is 4.98 Å². The van der Waals surface area contributed by atoms with E-state index in [1.54, 1.807) is 17.0 Å². The van der Waals surface area contributed by atoms with Gasteiger partial charge in [0.1, 0.15) is 10.8 Å². The molecule has 2 N–H and O–H groups in total. The number of ether oxygens (including phenoxy) is 1. The molecule has 6 heteroatoms. The fourth-order valence-electron chi connectivity index (χ4n) is 2.69. The van der Waals surface area contributed by atoms with Gasteiger partial charge in [-0.2, -0.15) is 0 Å². The lowest BCUT2D eigenvalue weighted by Gasteiger charge is -2.35. The molecule has 0 aromatic carbocycles. The van der Waals surface area contributed by atoms with Crippen molar-refractivity contribution in [1.82, 2.24) is 4.98 Å². The predicted octanol–water partition coefficient (Wildman–Crippen LogP) is 4.39. The third-order valence-corrected chi connectivity index (χ3v) is 3.84. The van der Waals surface area contributed by atoms with E-state index in [1.807, 2.05) is 20.8 Å². The lowest BCUT2D eigenvalue weighted by atomic mass is 9.94. The predicted molar refractivity (Wildman–Crippen MR) is 89.2 cm³/mol. The standard InChI is InChI=1S/C16H24ClN3O2/c1-16(2,3)22-15(21)20(11-7-5-4-6-8-11)14-12(18)9-10-13(17)19-14/h9-11H,4-8,18H2,1-3H3. The van der Waals surface area contributed by atoms with Crippen LogP contribution in [0, 0.1) is 0 Å². The van der Waals surface area contributed by atoms with E-state index in [-0.39, 0.29) is 6.04 Å². The molecule has 1 aliphatic rings. The Labute approximate surface area is 136 Å². The van der Waals surface area contributed by atoms with Gasteiger partial charge in [-0.25, -0.2) is 9.78 Å². The lowest BCUT2D eigenvalue weighted by molar-refractivity contribution is 0.0557. The Balaban J connectivity index is 2.36. The molecule has 1 fully saturated rings. The minimum Gasteiger partial charge on any atom is -0.443 e. The van der Waals surface area contributed by atoms with Gasteiger partial charge in [-0.3, -0.25) is 4.90 Å². The summed E-state index contributed by atoms with van der Waals surface area (Å²) in [5.74, 6) is 0.397. The van der Waals surface area contributed by atoms with Gasteiger partial charge in [-0.05, 0) is 45.7 Å². The maximum Gasteiger partial charge on any atom is 0.416 e. The van der Waals surface area contributed by atoms with Gasteiger partial charge in [0.25, 0.3) is 0 Å². The maximum absolute atomic E-state index is 12.7. The van der Waals surface area contributed by atoms with Crippen LogP contribution in [0.15, 0.2) is 12.1 Å². The van der Waals surface area contributed by atoms with Gasteiger partial charge >= 0.3 is 6.09 Å². The normalized spacial score (nSPS) is 16.4. The van der Waals surface area contributed by atoms with Crippen molar-refractivity contribution in [3.05, 3.63) is 17.3 Å². The second-order valence-electron chi connectivity index (χ2n) is 6.69. The van der Waals surface area contributed by atoms with Crippen LogP contribution in [0.4, 0.5) is 16.3 Å². The van der Waals surface area contributed by atoms with E-state index in [1.165, 1.54) is 6.42 Å². The summed E-state index contributed by atoms with van der Waals surface area (Å²) in [5.41, 5.74) is 5.89. The van der Waals surface area contributed by atoms with Crippen molar-refractivity contribution in [2.24, 2.45) is 0 Å². The van der Waals surface area contributed by atoms with Crippen molar-refractivity contribution < 1.29 is 9.53 Å². The number of nitrogens with two attached hydrogens (primary N) is 1. The molecule has 0 bridgehead atoms. The first-order valence-corrected chi connectivity index (χ1v) is 8.10. The van der Waals surface area contributed by atoms with Crippen LogP contribution < -0.4 is 10.6 Å². The van der Waals surface area contributed by atoms with Gasteiger partial charge in [-0.15, -0.1) is 0 Å². The number of aromatic nitrogens is 1. The number of nitrogens with zero attached hydrogens (tertiary/aromatic N) is 2. The molecule has 1 aromatic heterocycles.